The van der Waals surface area contributed by atoms with Gasteiger partial charge in [-0.2, -0.15) is 0 Å². The second-order valence-electron chi connectivity index (χ2n) is 5.55. The predicted molar refractivity (Wildman–Crippen MR) is 54.1 cm³/mol. The van der Waals surface area contributed by atoms with Crippen LogP contribution in [0.4, 0.5) is 0 Å². The van der Waals surface area contributed by atoms with Gasteiger partial charge in [-0.25, -0.2) is 0 Å². The molecule has 3 aliphatic rings. The molecule has 0 aliphatic carbocycles. The normalized spacial score (nSPS) is 50.9. The van der Waals surface area contributed by atoms with Crippen LogP contribution in [0.3, 0.4) is 0 Å². The van der Waals surface area contributed by atoms with Gasteiger partial charge in [0.05, 0.1) is 6.04 Å². The summed E-state index contributed by atoms with van der Waals surface area (Å²) in [5.74, 6) is 0.818. The first-order valence-corrected chi connectivity index (χ1v) is 5.44. The average Bonchev–Trinajstić information content (AvgIpc) is 2.58. The number of nitrogens with zero attached hydrogens (tertiary/aromatic N) is 1. The Hall–Kier alpha value is -0.370. The van der Waals surface area contributed by atoms with E-state index in [1.807, 2.05) is 0 Å². The fourth-order valence-electron chi connectivity index (χ4n) is 3.41. The lowest BCUT2D eigenvalue weighted by Gasteiger charge is -2.33. The molecule has 2 fully saturated rings. The lowest BCUT2D eigenvalue weighted by Crippen LogP contribution is -2.47. The number of hydrogen-bond acceptors (Lipinski definition) is 2. The van der Waals surface area contributed by atoms with Crippen LogP contribution in [0.25, 0.3) is 0 Å². The van der Waals surface area contributed by atoms with Crippen LogP contribution in [-0.2, 0) is 0 Å². The quantitative estimate of drug-likeness (QED) is 0.598. The van der Waals surface area contributed by atoms with Gasteiger partial charge in [-0.1, -0.05) is 13.8 Å². The molecular weight excluding hydrogens is 160 g/mol. The number of piperidine rings is 1. The molecule has 2 heteroatoms. The highest BCUT2D eigenvalue weighted by Gasteiger charge is 2.50. The number of fused-ring (bicyclic) bond motifs is 4. The van der Waals surface area contributed by atoms with Crippen molar-refractivity contribution in [3.63, 3.8) is 0 Å². The second kappa shape index (κ2) is 2.35. The van der Waals surface area contributed by atoms with Crippen molar-refractivity contribution in [1.29, 1.82) is 0 Å². The Morgan fingerprint density at radius 2 is 2.31 bits per heavy atom. The third-order valence-corrected chi connectivity index (χ3v) is 4.27. The topological polar surface area (TPSA) is 24.4 Å². The zero-order chi connectivity index (χ0) is 9.05. The molecule has 0 aromatic carbocycles. The molecule has 4 atom stereocenters. The third-order valence-electron chi connectivity index (χ3n) is 4.27. The van der Waals surface area contributed by atoms with Gasteiger partial charge in [0, 0.05) is 18.0 Å². The number of rotatable bonds is 0. The molecule has 0 aromatic rings. The fourth-order valence-corrected chi connectivity index (χ4v) is 3.41. The smallest absolute Gasteiger partial charge is 0.0557 e. The van der Waals surface area contributed by atoms with Crippen molar-refractivity contribution in [3.05, 3.63) is 0 Å². The fraction of sp³-hybridized carbons (Fsp3) is 0.909. The third kappa shape index (κ3) is 1.01. The zero-order valence-electron chi connectivity index (χ0n) is 8.46. The van der Waals surface area contributed by atoms with Crippen LogP contribution in [0.2, 0.25) is 0 Å². The van der Waals surface area contributed by atoms with Gasteiger partial charge in [-0.05, 0) is 30.9 Å². The van der Waals surface area contributed by atoms with E-state index in [4.69, 9.17) is 0 Å². The van der Waals surface area contributed by atoms with E-state index in [0.29, 0.717) is 17.5 Å². The first-order chi connectivity index (χ1) is 6.17. The van der Waals surface area contributed by atoms with Crippen molar-refractivity contribution in [3.8, 4) is 0 Å². The molecule has 0 radical (unpaired) electrons. The van der Waals surface area contributed by atoms with E-state index in [-0.39, 0.29) is 0 Å². The molecular formula is C11H18N2. The molecule has 2 nitrogen and oxygen atoms in total. The molecule has 2 saturated heterocycles. The lowest BCUT2D eigenvalue weighted by molar-refractivity contribution is 0.247. The summed E-state index contributed by atoms with van der Waals surface area (Å²) >= 11 is 0. The van der Waals surface area contributed by atoms with Gasteiger partial charge in [0.1, 0.15) is 0 Å². The van der Waals surface area contributed by atoms with E-state index >= 15 is 0 Å². The van der Waals surface area contributed by atoms with Gasteiger partial charge >= 0.3 is 0 Å². The highest BCUT2D eigenvalue weighted by Crippen LogP contribution is 2.46. The maximum atomic E-state index is 4.60. The highest BCUT2D eigenvalue weighted by atomic mass is 15.1. The standard InChI is InChI=1S/C11H18N2/c1-11(2)6-9-7-3-4-12-8(7)5-10(11)13-9/h4,7-10,13H,3,5-6H2,1-2H3/t7-,8+,9?,10?/m0/s1. The Morgan fingerprint density at radius 3 is 3.15 bits per heavy atom. The van der Waals surface area contributed by atoms with Crippen LogP contribution >= 0.6 is 0 Å². The summed E-state index contributed by atoms with van der Waals surface area (Å²) in [6, 6.07) is 2.12. The molecule has 72 valence electrons. The van der Waals surface area contributed by atoms with Crippen LogP contribution < -0.4 is 5.32 Å². The molecule has 3 heterocycles. The van der Waals surface area contributed by atoms with Gasteiger partial charge in [0.2, 0.25) is 0 Å². The van der Waals surface area contributed by atoms with Gasteiger partial charge in [-0.15, -0.1) is 0 Å². The van der Waals surface area contributed by atoms with Crippen molar-refractivity contribution in [2.45, 2.75) is 51.2 Å². The summed E-state index contributed by atoms with van der Waals surface area (Å²) < 4.78 is 0. The van der Waals surface area contributed by atoms with E-state index in [9.17, 15) is 0 Å². The monoisotopic (exact) mass is 178 g/mol. The van der Waals surface area contributed by atoms with Crippen molar-refractivity contribution in [1.82, 2.24) is 5.32 Å². The van der Waals surface area contributed by atoms with Crippen LogP contribution in [0, 0.1) is 11.3 Å². The Kier molecular flexibility index (Phi) is 1.44. The summed E-state index contributed by atoms with van der Waals surface area (Å²) in [4.78, 5) is 4.60. The Balaban J connectivity index is 1.90. The highest BCUT2D eigenvalue weighted by molar-refractivity contribution is 5.61. The zero-order valence-corrected chi connectivity index (χ0v) is 8.46. The minimum atomic E-state index is 0.504. The molecule has 13 heavy (non-hydrogen) atoms. The van der Waals surface area contributed by atoms with E-state index in [2.05, 4.69) is 30.4 Å². The molecule has 0 amide bonds. The summed E-state index contributed by atoms with van der Waals surface area (Å²) in [5.41, 5.74) is 0.504. The first kappa shape index (κ1) is 7.98. The SMILES string of the molecule is CC1(C)CC2NC1C[C@H]1N=CC[C@H]21. The largest absolute Gasteiger partial charge is 0.310 e. The maximum absolute atomic E-state index is 4.60. The van der Waals surface area contributed by atoms with Crippen molar-refractivity contribution in [2.24, 2.45) is 16.3 Å². The van der Waals surface area contributed by atoms with E-state index in [0.717, 1.165) is 12.0 Å². The predicted octanol–water partition coefficient (Wildman–Crippen LogP) is 1.61. The van der Waals surface area contributed by atoms with E-state index < -0.39 is 0 Å². The Labute approximate surface area is 79.8 Å². The first-order valence-electron chi connectivity index (χ1n) is 5.44. The Bertz CT molecular complexity index is 257. The van der Waals surface area contributed by atoms with Crippen LogP contribution in [-0.4, -0.2) is 24.3 Å². The maximum Gasteiger partial charge on any atom is 0.0557 e. The molecule has 1 N–H and O–H groups in total. The second-order valence-corrected chi connectivity index (χ2v) is 5.55. The van der Waals surface area contributed by atoms with Gasteiger partial charge < -0.3 is 5.32 Å². The van der Waals surface area contributed by atoms with Crippen LogP contribution in [0.1, 0.15) is 33.1 Å². The number of hydrogen-bond donors (Lipinski definition) is 1. The minimum Gasteiger partial charge on any atom is -0.310 e. The summed E-state index contributed by atoms with van der Waals surface area (Å²) in [7, 11) is 0. The summed E-state index contributed by atoms with van der Waals surface area (Å²) in [6.45, 7) is 4.80. The van der Waals surface area contributed by atoms with E-state index in [1.165, 1.54) is 19.3 Å². The van der Waals surface area contributed by atoms with Gasteiger partial charge in [-0.3, -0.25) is 4.99 Å². The average molecular weight is 178 g/mol. The molecule has 0 aromatic heterocycles. The molecule has 2 unspecified atom stereocenters. The van der Waals surface area contributed by atoms with Crippen LogP contribution in [0.5, 0.6) is 0 Å². The molecule has 0 saturated carbocycles. The molecule has 2 bridgehead atoms. The van der Waals surface area contributed by atoms with Crippen molar-refractivity contribution >= 4 is 6.21 Å². The van der Waals surface area contributed by atoms with Crippen LogP contribution in [0.15, 0.2) is 4.99 Å². The van der Waals surface area contributed by atoms with Gasteiger partial charge in [0.15, 0.2) is 0 Å². The number of nitrogens with one attached hydrogen (secondary N) is 1. The molecule has 3 rings (SSSR count). The van der Waals surface area contributed by atoms with E-state index in [1.54, 1.807) is 0 Å². The van der Waals surface area contributed by atoms with Gasteiger partial charge in [0.25, 0.3) is 0 Å². The summed E-state index contributed by atoms with van der Waals surface area (Å²) in [5, 5.41) is 3.77. The summed E-state index contributed by atoms with van der Waals surface area (Å²) in [6.07, 6.45) is 5.97. The number of aliphatic imine (C=N–C) groups is 1. The molecule has 0 spiro atoms. The minimum absolute atomic E-state index is 0.504. The Morgan fingerprint density at radius 1 is 1.46 bits per heavy atom. The molecule has 3 aliphatic heterocycles. The van der Waals surface area contributed by atoms with Crippen molar-refractivity contribution in [2.75, 3.05) is 0 Å². The lowest BCUT2D eigenvalue weighted by atomic mass is 9.83. The van der Waals surface area contributed by atoms with Crippen molar-refractivity contribution < 1.29 is 0 Å².